The van der Waals surface area contributed by atoms with Crippen molar-refractivity contribution in [3.8, 4) is 0 Å². The second kappa shape index (κ2) is 5.79. The fraction of sp³-hybridized carbons (Fsp3) is 0.300. The van der Waals surface area contributed by atoms with E-state index in [2.05, 4.69) is 15.9 Å². The topological polar surface area (TPSA) is 17.1 Å². The summed E-state index contributed by atoms with van der Waals surface area (Å²) in [6, 6.07) is 5.72. The van der Waals surface area contributed by atoms with Gasteiger partial charge in [0.05, 0.1) is 0 Å². The standard InChI is InChI=1S/C10H10BrClOS/c1-14-10-3-2-7(11)6-8(10)9(13)4-5-12/h2-3,6H,4-5H2,1H3. The number of ketones is 1. The lowest BCUT2D eigenvalue weighted by molar-refractivity contribution is 0.0986. The Bertz CT molecular complexity index is 341. The summed E-state index contributed by atoms with van der Waals surface area (Å²) in [6.07, 6.45) is 2.35. The lowest BCUT2D eigenvalue weighted by atomic mass is 10.1. The molecule has 0 fully saturated rings. The monoisotopic (exact) mass is 292 g/mol. The lowest BCUT2D eigenvalue weighted by Crippen LogP contribution is -2.01. The van der Waals surface area contributed by atoms with Crippen LogP contribution in [0.25, 0.3) is 0 Å². The van der Waals surface area contributed by atoms with Crippen LogP contribution in [0, 0.1) is 0 Å². The van der Waals surface area contributed by atoms with Gasteiger partial charge >= 0.3 is 0 Å². The molecule has 0 spiro atoms. The minimum absolute atomic E-state index is 0.102. The van der Waals surface area contributed by atoms with Crippen LogP contribution in [-0.2, 0) is 0 Å². The van der Waals surface area contributed by atoms with Gasteiger partial charge in [-0.1, -0.05) is 15.9 Å². The van der Waals surface area contributed by atoms with Crippen molar-refractivity contribution in [2.45, 2.75) is 11.3 Å². The van der Waals surface area contributed by atoms with Crippen LogP contribution >= 0.6 is 39.3 Å². The van der Waals surface area contributed by atoms with Crippen LogP contribution in [0.2, 0.25) is 0 Å². The van der Waals surface area contributed by atoms with Crippen molar-refractivity contribution >= 4 is 45.1 Å². The van der Waals surface area contributed by atoms with Gasteiger partial charge in [-0.05, 0) is 24.5 Å². The van der Waals surface area contributed by atoms with Crippen LogP contribution < -0.4 is 0 Å². The van der Waals surface area contributed by atoms with Crippen molar-refractivity contribution in [1.82, 2.24) is 0 Å². The maximum atomic E-state index is 11.7. The van der Waals surface area contributed by atoms with Gasteiger partial charge in [-0.25, -0.2) is 0 Å². The van der Waals surface area contributed by atoms with Gasteiger partial charge < -0.3 is 0 Å². The molecule has 0 amide bonds. The van der Waals surface area contributed by atoms with E-state index in [9.17, 15) is 4.79 Å². The number of rotatable bonds is 4. The molecular formula is C10H10BrClOS. The molecule has 0 aliphatic carbocycles. The molecule has 76 valence electrons. The number of thioether (sulfide) groups is 1. The van der Waals surface area contributed by atoms with Gasteiger partial charge in [-0.2, -0.15) is 0 Å². The molecule has 1 rings (SSSR count). The van der Waals surface area contributed by atoms with Gasteiger partial charge in [0.15, 0.2) is 5.78 Å². The Morgan fingerprint density at radius 3 is 2.86 bits per heavy atom. The summed E-state index contributed by atoms with van der Waals surface area (Å²) in [6.45, 7) is 0. The Labute approximate surface area is 101 Å². The average Bonchev–Trinajstić information content (AvgIpc) is 2.18. The predicted octanol–water partition coefficient (Wildman–Crippen LogP) is 3.98. The third-order valence-electron chi connectivity index (χ3n) is 1.78. The molecule has 0 aromatic heterocycles. The summed E-state index contributed by atoms with van der Waals surface area (Å²) in [7, 11) is 0. The summed E-state index contributed by atoms with van der Waals surface area (Å²) in [4.78, 5) is 12.7. The third kappa shape index (κ3) is 3.01. The molecule has 0 aliphatic rings. The number of hydrogen-bond donors (Lipinski definition) is 0. The van der Waals surface area contributed by atoms with Gasteiger partial charge in [-0.15, -0.1) is 23.4 Å². The van der Waals surface area contributed by atoms with E-state index in [1.807, 2.05) is 24.5 Å². The SMILES string of the molecule is CSc1ccc(Br)cc1C(=O)CCCl. The highest BCUT2D eigenvalue weighted by Crippen LogP contribution is 2.25. The average molecular weight is 294 g/mol. The number of Topliss-reactive ketones (excluding diaryl/α,β-unsaturated/α-hetero) is 1. The number of carbonyl (C=O) groups excluding carboxylic acids is 1. The zero-order valence-corrected chi connectivity index (χ0v) is 10.9. The third-order valence-corrected chi connectivity index (χ3v) is 3.26. The quantitative estimate of drug-likeness (QED) is 0.474. The number of carbonyl (C=O) groups is 1. The smallest absolute Gasteiger partial charge is 0.165 e. The summed E-state index contributed by atoms with van der Waals surface area (Å²) in [5.41, 5.74) is 0.757. The lowest BCUT2D eigenvalue weighted by Gasteiger charge is -2.05. The zero-order valence-electron chi connectivity index (χ0n) is 7.72. The number of alkyl halides is 1. The van der Waals surface area contributed by atoms with Crippen LogP contribution in [0.3, 0.4) is 0 Å². The zero-order chi connectivity index (χ0) is 10.6. The van der Waals surface area contributed by atoms with Gasteiger partial charge in [0, 0.05) is 27.2 Å². The Kier molecular flexibility index (Phi) is 4.99. The van der Waals surface area contributed by atoms with Crippen molar-refractivity contribution < 1.29 is 4.79 Å². The molecule has 14 heavy (non-hydrogen) atoms. The molecule has 0 saturated carbocycles. The largest absolute Gasteiger partial charge is 0.294 e. The fourth-order valence-electron chi connectivity index (χ4n) is 1.12. The van der Waals surface area contributed by atoms with E-state index >= 15 is 0 Å². The van der Waals surface area contributed by atoms with Gasteiger partial charge in [-0.3, -0.25) is 4.79 Å². The maximum Gasteiger partial charge on any atom is 0.165 e. The number of benzene rings is 1. The van der Waals surface area contributed by atoms with Crippen LogP contribution in [0.15, 0.2) is 27.6 Å². The molecule has 0 unspecified atom stereocenters. The first-order valence-electron chi connectivity index (χ1n) is 4.11. The Morgan fingerprint density at radius 2 is 2.29 bits per heavy atom. The van der Waals surface area contributed by atoms with Crippen molar-refractivity contribution in [2.24, 2.45) is 0 Å². The summed E-state index contributed by atoms with van der Waals surface area (Å²) in [5.74, 6) is 0.477. The Balaban J connectivity index is 3.03. The second-order valence-electron chi connectivity index (χ2n) is 2.71. The highest BCUT2D eigenvalue weighted by molar-refractivity contribution is 9.10. The molecule has 4 heteroatoms. The van der Waals surface area contributed by atoms with E-state index in [4.69, 9.17) is 11.6 Å². The molecule has 1 aromatic rings. The number of halogens is 2. The molecule has 1 nitrogen and oxygen atoms in total. The molecule has 1 aromatic carbocycles. The van der Waals surface area contributed by atoms with E-state index in [1.165, 1.54) is 0 Å². The first kappa shape index (κ1) is 12.1. The molecule has 0 heterocycles. The highest BCUT2D eigenvalue weighted by Gasteiger charge is 2.10. The van der Waals surface area contributed by atoms with E-state index in [0.29, 0.717) is 12.3 Å². The Hall–Kier alpha value is 0.01000. The summed E-state index contributed by atoms with van der Waals surface area (Å²) >= 11 is 10.5. The van der Waals surface area contributed by atoms with E-state index in [1.54, 1.807) is 11.8 Å². The van der Waals surface area contributed by atoms with Crippen molar-refractivity contribution in [3.05, 3.63) is 28.2 Å². The van der Waals surface area contributed by atoms with Gasteiger partial charge in [0.1, 0.15) is 0 Å². The fourth-order valence-corrected chi connectivity index (χ4v) is 2.25. The molecule has 0 atom stereocenters. The second-order valence-corrected chi connectivity index (χ2v) is 4.85. The van der Waals surface area contributed by atoms with E-state index in [0.717, 1.165) is 14.9 Å². The minimum Gasteiger partial charge on any atom is -0.294 e. The maximum absolute atomic E-state index is 11.7. The minimum atomic E-state index is 0.102. The van der Waals surface area contributed by atoms with Crippen molar-refractivity contribution in [3.63, 3.8) is 0 Å². The van der Waals surface area contributed by atoms with E-state index in [-0.39, 0.29) is 5.78 Å². The molecule has 0 saturated heterocycles. The molecule has 0 bridgehead atoms. The van der Waals surface area contributed by atoms with Gasteiger partial charge in [0.25, 0.3) is 0 Å². The van der Waals surface area contributed by atoms with E-state index < -0.39 is 0 Å². The van der Waals surface area contributed by atoms with Crippen molar-refractivity contribution in [2.75, 3.05) is 12.1 Å². The molecule has 0 N–H and O–H groups in total. The van der Waals surface area contributed by atoms with Crippen LogP contribution in [0.5, 0.6) is 0 Å². The van der Waals surface area contributed by atoms with Gasteiger partial charge in [0.2, 0.25) is 0 Å². The van der Waals surface area contributed by atoms with Crippen LogP contribution in [0.4, 0.5) is 0 Å². The molecule has 0 aliphatic heterocycles. The summed E-state index contributed by atoms with van der Waals surface area (Å²) in [5, 5.41) is 0. The first-order chi connectivity index (χ1) is 6.69. The Morgan fingerprint density at radius 1 is 1.57 bits per heavy atom. The molecule has 0 radical (unpaired) electrons. The van der Waals surface area contributed by atoms with Crippen molar-refractivity contribution in [1.29, 1.82) is 0 Å². The summed E-state index contributed by atoms with van der Waals surface area (Å²) < 4.78 is 0.924. The highest BCUT2D eigenvalue weighted by atomic mass is 79.9. The normalized spacial score (nSPS) is 10.2. The first-order valence-corrected chi connectivity index (χ1v) is 6.67. The van der Waals surface area contributed by atoms with Crippen LogP contribution in [0.1, 0.15) is 16.8 Å². The van der Waals surface area contributed by atoms with Crippen LogP contribution in [-0.4, -0.2) is 17.9 Å². The number of hydrogen-bond acceptors (Lipinski definition) is 2. The molecular weight excluding hydrogens is 284 g/mol. The predicted molar refractivity (Wildman–Crippen MR) is 65.6 cm³/mol.